The van der Waals surface area contributed by atoms with Crippen LogP contribution >= 0.6 is 24.0 Å². The first-order valence-electron chi connectivity index (χ1n) is 4.82. The molecule has 1 heterocycles. The highest BCUT2D eigenvalue weighted by molar-refractivity contribution is 6.30. The normalized spacial score (nSPS) is 9.73. The molecule has 0 aromatic carbocycles. The standard InChI is InChI=1S/C10H15ClN2O.ClH/c1-2-3-4-5-9-6-8(11)7-10(12)13(9)14;/h6-7H,2-5,12H2,1H3;1H. The Morgan fingerprint density at radius 1 is 1.40 bits per heavy atom. The predicted molar refractivity (Wildman–Crippen MR) is 65.3 cm³/mol. The molecule has 0 fully saturated rings. The summed E-state index contributed by atoms with van der Waals surface area (Å²) in [5.74, 6) is 0.170. The fourth-order valence-corrected chi connectivity index (χ4v) is 1.59. The molecule has 0 unspecified atom stereocenters. The SMILES string of the molecule is CCCCCc1cc(Cl)cc(N)[n+]1[O-].Cl. The lowest BCUT2D eigenvalue weighted by Gasteiger charge is -2.11. The first kappa shape index (κ1) is 14.3. The average molecular weight is 251 g/mol. The fourth-order valence-electron chi connectivity index (χ4n) is 1.36. The number of nitrogens with two attached hydrogens (primary N) is 1. The lowest BCUT2D eigenvalue weighted by atomic mass is 10.1. The third kappa shape index (κ3) is 4.14. The predicted octanol–water partition coefficient (Wildman–Crippen LogP) is 2.71. The van der Waals surface area contributed by atoms with Gasteiger partial charge in [-0.25, -0.2) is 4.73 Å². The van der Waals surface area contributed by atoms with Gasteiger partial charge in [0, 0.05) is 12.5 Å². The summed E-state index contributed by atoms with van der Waals surface area (Å²) in [5.41, 5.74) is 6.15. The average Bonchev–Trinajstić information content (AvgIpc) is 2.13. The van der Waals surface area contributed by atoms with Crippen LogP contribution in [0.5, 0.6) is 0 Å². The van der Waals surface area contributed by atoms with Crippen molar-refractivity contribution in [2.75, 3.05) is 5.73 Å². The molecule has 0 bridgehead atoms. The topological polar surface area (TPSA) is 53.0 Å². The van der Waals surface area contributed by atoms with Crippen LogP contribution in [0.2, 0.25) is 5.02 Å². The lowest BCUT2D eigenvalue weighted by molar-refractivity contribution is -0.598. The van der Waals surface area contributed by atoms with E-state index in [1.165, 1.54) is 6.07 Å². The van der Waals surface area contributed by atoms with Gasteiger partial charge in [-0.05, 0) is 12.5 Å². The Hall–Kier alpha value is -0.670. The van der Waals surface area contributed by atoms with Crippen LogP contribution in [0.15, 0.2) is 12.1 Å². The van der Waals surface area contributed by atoms with Gasteiger partial charge in [0.05, 0.1) is 5.02 Å². The molecule has 0 aliphatic heterocycles. The Bertz CT molecular complexity index is 319. The molecule has 0 aliphatic carbocycles. The highest BCUT2D eigenvalue weighted by Crippen LogP contribution is 2.13. The van der Waals surface area contributed by atoms with E-state index < -0.39 is 0 Å². The van der Waals surface area contributed by atoms with E-state index in [9.17, 15) is 5.21 Å². The maximum absolute atomic E-state index is 11.4. The van der Waals surface area contributed by atoms with Crippen molar-refractivity contribution in [1.29, 1.82) is 0 Å². The van der Waals surface area contributed by atoms with E-state index in [0.717, 1.165) is 30.4 Å². The zero-order valence-corrected chi connectivity index (χ0v) is 10.3. The van der Waals surface area contributed by atoms with Crippen LogP contribution in [-0.4, -0.2) is 0 Å². The molecular formula is C10H16Cl2N2O. The van der Waals surface area contributed by atoms with Crippen molar-refractivity contribution in [1.82, 2.24) is 0 Å². The molecule has 86 valence electrons. The highest BCUT2D eigenvalue weighted by atomic mass is 35.5. The van der Waals surface area contributed by atoms with Crippen molar-refractivity contribution in [2.24, 2.45) is 0 Å². The van der Waals surface area contributed by atoms with E-state index >= 15 is 0 Å². The van der Waals surface area contributed by atoms with E-state index in [-0.39, 0.29) is 18.2 Å². The Kier molecular flexibility index (Phi) is 6.45. The molecule has 0 amide bonds. The molecule has 0 saturated carbocycles. The summed E-state index contributed by atoms with van der Waals surface area (Å²) in [6.45, 7) is 2.12. The Balaban J connectivity index is 0.00000196. The summed E-state index contributed by atoms with van der Waals surface area (Å²) in [5, 5.41) is 12.0. The van der Waals surface area contributed by atoms with E-state index in [2.05, 4.69) is 6.92 Å². The van der Waals surface area contributed by atoms with Crippen LogP contribution in [0.3, 0.4) is 0 Å². The molecule has 0 atom stereocenters. The minimum absolute atomic E-state index is 0. The van der Waals surface area contributed by atoms with Crippen LogP contribution in [-0.2, 0) is 6.42 Å². The summed E-state index contributed by atoms with van der Waals surface area (Å²) >= 11 is 5.80. The third-order valence-corrected chi connectivity index (χ3v) is 2.34. The van der Waals surface area contributed by atoms with Gasteiger partial charge >= 0.3 is 0 Å². The van der Waals surface area contributed by atoms with Gasteiger partial charge in [-0.2, -0.15) is 0 Å². The van der Waals surface area contributed by atoms with E-state index in [1.54, 1.807) is 6.07 Å². The number of nitrogen functional groups attached to an aromatic ring is 1. The van der Waals surface area contributed by atoms with E-state index in [1.807, 2.05) is 0 Å². The van der Waals surface area contributed by atoms with E-state index in [4.69, 9.17) is 17.3 Å². The molecule has 1 aromatic heterocycles. The van der Waals surface area contributed by atoms with Crippen molar-refractivity contribution >= 4 is 29.8 Å². The van der Waals surface area contributed by atoms with Crippen molar-refractivity contribution < 1.29 is 4.73 Å². The Morgan fingerprint density at radius 2 is 2.07 bits per heavy atom. The molecule has 2 N–H and O–H groups in total. The van der Waals surface area contributed by atoms with Gasteiger partial charge in [0.2, 0.25) is 0 Å². The first-order chi connectivity index (χ1) is 6.65. The number of nitrogens with zero attached hydrogens (tertiary/aromatic N) is 1. The molecule has 1 aromatic rings. The van der Waals surface area contributed by atoms with Crippen LogP contribution in [0.25, 0.3) is 0 Å². The monoisotopic (exact) mass is 250 g/mol. The second kappa shape index (κ2) is 6.75. The number of aromatic nitrogens is 1. The second-order valence-corrected chi connectivity index (χ2v) is 3.78. The summed E-state index contributed by atoms with van der Waals surface area (Å²) in [7, 11) is 0. The number of rotatable bonds is 4. The van der Waals surface area contributed by atoms with Crippen molar-refractivity contribution in [3.05, 3.63) is 28.1 Å². The molecule has 0 saturated heterocycles. The molecule has 0 radical (unpaired) electrons. The molecular weight excluding hydrogens is 235 g/mol. The van der Waals surface area contributed by atoms with Gasteiger partial charge in [-0.15, -0.1) is 12.4 Å². The largest absolute Gasteiger partial charge is 0.710 e. The molecule has 0 spiro atoms. The summed E-state index contributed by atoms with van der Waals surface area (Å²) in [6, 6.07) is 3.15. The smallest absolute Gasteiger partial charge is 0.277 e. The number of anilines is 1. The third-order valence-electron chi connectivity index (χ3n) is 2.12. The fraction of sp³-hybridized carbons (Fsp3) is 0.500. The minimum atomic E-state index is 0. The number of aryl methyl sites for hydroxylation is 1. The zero-order valence-electron chi connectivity index (χ0n) is 8.70. The summed E-state index contributed by atoms with van der Waals surface area (Å²) in [6.07, 6.45) is 3.99. The number of hydrogen-bond donors (Lipinski definition) is 1. The number of pyridine rings is 1. The zero-order chi connectivity index (χ0) is 10.6. The van der Waals surface area contributed by atoms with Crippen LogP contribution < -0.4 is 10.5 Å². The maximum atomic E-state index is 11.4. The van der Waals surface area contributed by atoms with Gasteiger partial charge < -0.3 is 5.21 Å². The van der Waals surface area contributed by atoms with Crippen LogP contribution in [0, 0.1) is 5.21 Å². The Labute approximate surface area is 101 Å². The molecule has 15 heavy (non-hydrogen) atoms. The Morgan fingerprint density at radius 3 is 2.67 bits per heavy atom. The number of halogens is 2. The van der Waals surface area contributed by atoms with Gasteiger partial charge in [0.1, 0.15) is 5.69 Å². The van der Waals surface area contributed by atoms with Gasteiger partial charge in [0.15, 0.2) is 0 Å². The van der Waals surface area contributed by atoms with Gasteiger partial charge in [0.25, 0.3) is 5.82 Å². The first-order valence-corrected chi connectivity index (χ1v) is 5.20. The maximum Gasteiger partial charge on any atom is 0.277 e. The van der Waals surface area contributed by atoms with E-state index in [0.29, 0.717) is 10.7 Å². The molecule has 3 nitrogen and oxygen atoms in total. The second-order valence-electron chi connectivity index (χ2n) is 3.34. The summed E-state index contributed by atoms with van der Waals surface area (Å²) in [4.78, 5) is 0. The molecule has 0 aliphatic rings. The van der Waals surface area contributed by atoms with Gasteiger partial charge in [-0.3, -0.25) is 5.73 Å². The number of unbranched alkanes of at least 4 members (excludes halogenated alkanes) is 2. The quantitative estimate of drug-likeness (QED) is 0.508. The minimum Gasteiger partial charge on any atom is -0.710 e. The molecule has 5 heteroatoms. The molecule has 1 rings (SSSR count). The van der Waals surface area contributed by atoms with Crippen LogP contribution in [0.4, 0.5) is 5.82 Å². The van der Waals surface area contributed by atoms with Crippen molar-refractivity contribution in [3.63, 3.8) is 0 Å². The van der Waals surface area contributed by atoms with Crippen molar-refractivity contribution in [3.8, 4) is 0 Å². The van der Waals surface area contributed by atoms with Gasteiger partial charge in [-0.1, -0.05) is 31.4 Å². The highest BCUT2D eigenvalue weighted by Gasteiger charge is 2.06. The van der Waals surface area contributed by atoms with Crippen LogP contribution in [0.1, 0.15) is 31.9 Å². The number of hydrogen-bond acceptors (Lipinski definition) is 2. The lowest BCUT2D eigenvalue weighted by Crippen LogP contribution is -2.35. The summed E-state index contributed by atoms with van der Waals surface area (Å²) < 4.78 is 0.752. The van der Waals surface area contributed by atoms with Crippen molar-refractivity contribution in [2.45, 2.75) is 32.6 Å².